The summed E-state index contributed by atoms with van der Waals surface area (Å²) in [5.41, 5.74) is 2.49. The summed E-state index contributed by atoms with van der Waals surface area (Å²) in [6.45, 7) is 3.39. The summed E-state index contributed by atoms with van der Waals surface area (Å²) in [6.07, 6.45) is 0. The predicted molar refractivity (Wildman–Crippen MR) is 131 cm³/mol. The second-order valence-corrected chi connectivity index (χ2v) is 10.8. The maximum atomic E-state index is 13.4. The number of hydrogen-bond acceptors (Lipinski definition) is 3. The Labute approximate surface area is 202 Å². The Morgan fingerprint density at radius 3 is 2.28 bits per heavy atom. The van der Waals surface area contributed by atoms with Crippen molar-refractivity contribution >= 4 is 43.5 Å². The zero-order valence-electron chi connectivity index (χ0n) is 17.8. The van der Waals surface area contributed by atoms with Gasteiger partial charge < -0.3 is 5.32 Å². The Kier molecular flexibility index (Phi) is 8.11. The standard InChI is InChI=1S/C24H24BrClN2O3S/c1-17-7-13-22(14-8-17)32(30,31)28(15-20-5-3-4-6-23(20)26)16-24(29)27-18(2)19-9-11-21(25)12-10-19/h3-14,18H,15-16H2,1-2H3,(H,27,29)/t18-/m0/s1. The van der Waals surface area contributed by atoms with E-state index in [0.29, 0.717) is 10.6 Å². The summed E-state index contributed by atoms with van der Waals surface area (Å²) in [7, 11) is -3.93. The van der Waals surface area contributed by atoms with Crippen molar-refractivity contribution < 1.29 is 13.2 Å². The maximum Gasteiger partial charge on any atom is 0.243 e. The van der Waals surface area contributed by atoms with Gasteiger partial charge in [0, 0.05) is 16.0 Å². The van der Waals surface area contributed by atoms with Crippen LogP contribution in [0.3, 0.4) is 0 Å². The Bertz CT molecular complexity index is 1180. The average Bonchev–Trinajstić information content (AvgIpc) is 2.75. The van der Waals surface area contributed by atoms with E-state index in [9.17, 15) is 13.2 Å². The van der Waals surface area contributed by atoms with Crippen LogP contribution in [0.15, 0.2) is 82.2 Å². The lowest BCUT2D eigenvalue weighted by molar-refractivity contribution is -0.122. The van der Waals surface area contributed by atoms with E-state index in [-0.39, 0.29) is 24.0 Å². The van der Waals surface area contributed by atoms with Gasteiger partial charge in [0.05, 0.1) is 17.5 Å². The first-order valence-corrected chi connectivity index (χ1v) is 12.6. The van der Waals surface area contributed by atoms with Gasteiger partial charge in [0.1, 0.15) is 0 Å². The molecule has 168 valence electrons. The highest BCUT2D eigenvalue weighted by Crippen LogP contribution is 2.23. The molecule has 0 saturated heterocycles. The molecule has 0 aliphatic carbocycles. The van der Waals surface area contributed by atoms with Gasteiger partial charge in [-0.25, -0.2) is 8.42 Å². The van der Waals surface area contributed by atoms with E-state index in [0.717, 1.165) is 19.9 Å². The molecular weight excluding hydrogens is 512 g/mol. The van der Waals surface area contributed by atoms with Gasteiger partial charge in [-0.2, -0.15) is 4.31 Å². The third-order valence-corrected chi connectivity index (χ3v) is 7.73. The molecule has 0 aromatic heterocycles. The summed E-state index contributed by atoms with van der Waals surface area (Å²) in [4.78, 5) is 13.0. The molecule has 0 aliphatic heterocycles. The van der Waals surface area contributed by atoms with Crippen LogP contribution in [0.1, 0.15) is 29.7 Å². The van der Waals surface area contributed by atoms with Gasteiger partial charge >= 0.3 is 0 Å². The number of amides is 1. The highest BCUT2D eigenvalue weighted by molar-refractivity contribution is 9.10. The third-order valence-electron chi connectivity index (χ3n) is 5.03. The van der Waals surface area contributed by atoms with Crippen LogP contribution in [0.25, 0.3) is 0 Å². The Morgan fingerprint density at radius 2 is 1.66 bits per heavy atom. The van der Waals surface area contributed by atoms with E-state index in [2.05, 4.69) is 21.2 Å². The lowest BCUT2D eigenvalue weighted by atomic mass is 10.1. The number of carbonyl (C=O) groups is 1. The molecule has 0 unspecified atom stereocenters. The van der Waals surface area contributed by atoms with E-state index in [1.54, 1.807) is 48.5 Å². The van der Waals surface area contributed by atoms with Crippen molar-refractivity contribution in [1.82, 2.24) is 9.62 Å². The molecule has 8 heteroatoms. The molecule has 0 fully saturated rings. The topological polar surface area (TPSA) is 66.5 Å². The summed E-state index contributed by atoms with van der Waals surface area (Å²) in [5.74, 6) is -0.400. The summed E-state index contributed by atoms with van der Waals surface area (Å²) < 4.78 is 28.9. The monoisotopic (exact) mass is 534 g/mol. The molecule has 3 rings (SSSR count). The van der Waals surface area contributed by atoms with Crippen molar-refractivity contribution in [1.29, 1.82) is 0 Å². The number of hydrogen-bond donors (Lipinski definition) is 1. The highest BCUT2D eigenvalue weighted by Gasteiger charge is 2.28. The van der Waals surface area contributed by atoms with Gasteiger partial charge in [0.15, 0.2) is 0 Å². The fourth-order valence-corrected chi connectivity index (χ4v) is 5.02. The molecule has 0 heterocycles. The lowest BCUT2D eigenvalue weighted by Gasteiger charge is -2.24. The Hall–Kier alpha value is -2.19. The molecular formula is C24H24BrClN2O3S. The van der Waals surface area contributed by atoms with Crippen molar-refractivity contribution in [2.24, 2.45) is 0 Å². The highest BCUT2D eigenvalue weighted by atomic mass is 79.9. The van der Waals surface area contributed by atoms with Gasteiger partial charge in [-0.3, -0.25) is 4.79 Å². The molecule has 0 radical (unpaired) electrons. The van der Waals surface area contributed by atoms with Gasteiger partial charge in [-0.1, -0.05) is 75.6 Å². The first kappa shape index (κ1) is 24.5. The van der Waals surface area contributed by atoms with Crippen LogP contribution < -0.4 is 5.32 Å². The minimum atomic E-state index is -3.93. The molecule has 3 aromatic rings. The molecule has 1 atom stereocenters. The Morgan fingerprint density at radius 1 is 1.03 bits per heavy atom. The molecule has 0 saturated carbocycles. The van der Waals surface area contributed by atoms with Crippen LogP contribution in [0.2, 0.25) is 5.02 Å². The van der Waals surface area contributed by atoms with E-state index >= 15 is 0 Å². The average molecular weight is 536 g/mol. The minimum Gasteiger partial charge on any atom is -0.348 e. The number of halogens is 2. The third kappa shape index (κ3) is 6.19. The number of benzene rings is 3. The molecule has 0 bridgehead atoms. The minimum absolute atomic E-state index is 0.0179. The van der Waals surface area contributed by atoms with Crippen molar-refractivity contribution in [3.8, 4) is 0 Å². The molecule has 3 aromatic carbocycles. The largest absolute Gasteiger partial charge is 0.348 e. The zero-order valence-corrected chi connectivity index (χ0v) is 20.9. The van der Waals surface area contributed by atoms with Crippen molar-refractivity contribution in [3.63, 3.8) is 0 Å². The SMILES string of the molecule is Cc1ccc(S(=O)(=O)N(CC(=O)N[C@@H](C)c2ccc(Br)cc2)Cc2ccccc2Cl)cc1. The normalized spacial score (nSPS) is 12.5. The van der Waals surface area contributed by atoms with Crippen molar-refractivity contribution in [3.05, 3.63) is 99.0 Å². The quantitative estimate of drug-likeness (QED) is 0.415. The van der Waals surface area contributed by atoms with E-state index in [1.807, 2.05) is 38.1 Å². The number of nitrogens with zero attached hydrogens (tertiary/aromatic N) is 1. The second kappa shape index (κ2) is 10.6. The number of sulfonamides is 1. The van der Waals surface area contributed by atoms with Crippen LogP contribution in [0, 0.1) is 6.92 Å². The summed E-state index contributed by atoms with van der Waals surface area (Å²) in [5, 5.41) is 3.33. The van der Waals surface area contributed by atoms with E-state index < -0.39 is 15.9 Å². The smallest absolute Gasteiger partial charge is 0.243 e. The van der Waals surface area contributed by atoms with Crippen molar-refractivity contribution in [2.75, 3.05) is 6.54 Å². The van der Waals surface area contributed by atoms with Crippen molar-refractivity contribution in [2.45, 2.75) is 31.3 Å². The summed E-state index contributed by atoms with van der Waals surface area (Å²) >= 11 is 9.67. The molecule has 1 amide bonds. The van der Waals surface area contributed by atoms with E-state index in [4.69, 9.17) is 11.6 Å². The van der Waals surface area contributed by atoms with Crippen LogP contribution >= 0.6 is 27.5 Å². The molecule has 0 aliphatic rings. The summed E-state index contributed by atoms with van der Waals surface area (Å²) in [6, 6.07) is 20.9. The molecule has 1 N–H and O–H groups in total. The van der Waals surface area contributed by atoms with Gasteiger partial charge in [0.2, 0.25) is 15.9 Å². The molecule has 0 spiro atoms. The van der Waals surface area contributed by atoms with Crippen LogP contribution in [0.4, 0.5) is 0 Å². The first-order chi connectivity index (χ1) is 15.2. The number of rotatable bonds is 8. The zero-order chi connectivity index (χ0) is 23.3. The number of nitrogens with one attached hydrogen (secondary N) is 1. The van der Waals surface area contributed by atoms with Gasteiger partial charge in [-0.15, -0.1) is 0 Å². The maximum absolute atomic E-state index is 13.4. The van der Waals surface area contributed by atoms with E-state index in [1.165, 1.54) is 0 Å². The van der Waals surface area contributed by atoms with Gasteiger partial charge in [0.25, 0.3) is 0 Å². The molecule has 5 nitrogen and oxygen atoms in total. The number of carbonyl (C=O) groups excluding carboxylic acids is 1. The Balaban J connectivity index is 1.84. The van der Waals surface area contributed by atoms with Crippen LogP contribution in [-0.4, -0.2) is 25.2 Å². The van der Waals surface area contributed by atoms with Crippen LogP contribution in [-0.2, 0) is 21.4 Å². The first-order valence-electron chi connectivity index (χ1n) is 10.0. The molecule has 32 heavy (non-hydrogen) atoms. The van der Waals surface area contributed by atoms with Crippen LogP contribution in [0.5, 0.6) is 0 Å². The lowest BCUT2D eigenvalue weighted by Crippen LogP contribution is -2.41. The van der Waals surface area contributed by atoms with Gasteiger partial charge in [-0.05, 0) is 55.3 Å². The fourth-order valence-electron chi connectivity index (χ4n) is 3.18. The fraction of sp³-hybridized carbons (Fsp3) is 0.208. The number of aryl methyl sites for hydroxylation is 1. The predicted octanol–water partition coefficient (Wildman–Crippen LogP) is 5.48. The second-order valence-electron chi connectivity index (χ2n) is 7.52.